The fourth-order valence-electron chi connectivity index (χ4n) is 5.87. The van der Waals surface area contributed by atoms with Gasteiger partial charge in [0.1, 0.15) is 0 Å². The van der Waals surface area contributed by atoms with Gasteiger partial charge in [0.15, 0.2) is 4.80 Å². The number of para-hydroxylation sites is 1. The van der Waals surface area contributed by atoms with Crippen LogP contribution in [0, 0.1) is 24.0 Å². The van der Waals surface area contributed by atoms with Gasteiger partial charge in [-0.2, -0.15) is 0 Å². The Kier molecular flexibility index (Phi) is 8.03. The van der Waals surface area contributed by atoms with Gasteiger partial charge in [-0.3, -0.25) is 19.5 Å². The Morgan fingerprint density at radius 1 is 1.11 bits per heavy atom. The van der Waals surface area contributed by atoms with Crippen molar-refractivity contribution in [3.05, 3.63) is 141 Å². The summed E-state index contributed by atoms with van der Waals surface area (Å²) in [7, 11) is 0. The number of nitro groups is 1. The molecule has 1 aliphatic rings. The quantitative estimate of drug-likeness (QED) is 0.124. The summed E-state index contributed by atoms with van der Waals surface area (Å²) in [6, 6.07) is 19.5. The van der Waals surface area contributed by atoms with Crippen LogP contribution in [0.15, 0.2) is 87.8 Å². The molecule has 0 bridgehead atoms. The van der Waals surface area contributed by atoms with Gasteiger partial charge >= 0.3 is 5.97 Å². The molecule has 2 aromatic heterocycles. The van der Waals surface area contributed by atoms with Gasteiger partial charge < -0.3 is 9.30 Å². The number of hydrogen-bond donors (Lipinski definition) is 0. The van der Waals surface area contributed by atoms with E-state index >= 15 is 0 Å². The van der Waals surface area contributed by atoms with E-state index in [4.69, 9.17) is 16.3 Å². The van der Waals surface area contributed by atoms with Crippen LogP contribution in [0.2, 0.25) is 5.02 Å². The normalized spacial score (nSPS) is 14.9. The molecule has 1 aliphatic heterocycles. The van der Waals surface area contributed by atoms with E-state index in [1.807, 2.05) is 61.5 Å². The van der Waals surface area contributed by atoms with Crippen LogP contribution in [0.5, 0.6) is 0 Å². The van der Waals surface area contributed by atoms with Crippen LogP contribution in [0.25, 0.3) is 17.0 Å². The van der Waals surface area contributed by atoms with Gasteiger partial charge in [-0.25, -0.2) is 9.79 Å². The van der Waals surface area contributed by atoms with Gasteiger partial charge in [0.25, 0.3) is 11.2 Å². The van der Waals surface area contributed by atoms with Crippen molar-refractivity contribution in [2.45, 2.75) is 40.3 Å². The largest absolute Gasteiger partial charge is 0.463 e. The number of nitrogens with zero attached hydrogens (tertiary/aromatic N) is 4. The van der Waals surface area contributed by atoms with Crippen LogP contribution in [0.1, 0.15) is 47.8 Å². The lowest BCUT2D eigenvalue weighted by molar-refractivity contribution is -0.385. The molecule has 1 atom stereocenters. The number of halogens is 1. The molecular weight excluding hydrogens is 612 g/mol. The number of aryl methyl sites for hydroxylation is 1. The van der Waals surface area contributed by atoms with Crippen LogP contribution >= 0.6 is 22.9 Å². The van der Waals surface area contributed by atoms with Crippen LogP contribution in [0.3, 0.4) is 0 Å². The van der Waals surface area contributed by atoms with Crippen LogP contribution in [-0.4, -0.2) is 26.6 Å². The minimum atomic E-state index is -0.954. The highest BCUT2D eigenvalue weighted by atomic mass is 35.5. The molecule has 0 radical (unpaired) electrons. The monoisotopic (exact) mass is 640 g/mol. The summed E-state index contributed by atoms with van der Waals surface area (Å²) in [5.41, 5.74) is 4.80. The zero-order valence-corrected chi connectivity index (χ0v) is 26.6. The highest BCUT2D eigenvalue weighted by Gasteiger charge is 2.34. The Morgan fingerprint density at radius 2 is 1.84 bits per heavy atom. The molecule has 0 spiro atoms. The third kappa shape index (κ3) is 5.30. The Morgan fingerprint density at radius 3 is 2.58 bits per heavy atom. The number of rotatable bonds is 7. The second-order valence-electron chi connectivity index (χ2n) is 10.8. The molecule has 11 heteroatoms. The zero-order valence-electron chi connectivity index (χ0n) is 25.0. The minimum absolute atomic E-state index is 0.102. The van der Waals surface area contributed by atoms with E-state index < -0.39 is 16.9 Å². The number of carbonyl (C=O) groups excluding carboxylic acids is 1. The van der Waals surface area contributed by atoms with Crippen molar-refractivity contribution in [1.29, 1.82) is 0 Å². The summed E-state index contributed by atoms with van der Waals surface area (Å²) < 4.78 is 9.41. The minimum Gasteiger partial charge on any atom is -0.463 e. The van der Waals surface area contributed by atoms with Crippen molar-refractivity contribution in [2.24, 2.45) is 4.99 Å². The highest BCUT2D eigenvalue weighted by molar-refractivity contribution is 7.07. The van der Waals surface area contributed by atoms with Gasteiger partial charge in [-0.1, -0.05) is 71.5 Å². The van der Waals surface area contributed by atoms with Crippen molar-refractivity contribution in [3.8, 4) is 0 Å². The standard InChI is InChI=1S/C34H29ClN4O5S/c1-5-44-33(41)30-20(3)36-34-38(31(30)22-15-14-19(2)28(16-22)39(42)43)32(40)29(45-34)17-25-21(4)37(27-13-9-7-11-24(25)27)18-23-10-6-8-12-26(23)35/h6-17,31H,5,18H2,1-4H3/b29-17+/t31-/m0/s1. The first-order chi connectivity index (χ1) is 21.6. The van der Waals surface area contributed by atoms with E-state index in [0.717, 1.165) is 27.7 Å². The number of carbonyl (C=O) groups is 1. The van der Waals surface area contributed by atoms with Gasteiger partial charge in [0.05, 0.1) is 33.4 Å². The second-order valence-corrected chi connectivity index (χ2v) is 12.2. The number of aromatic nitrogens is 2. The molecule has 0 unspecified atom stereocenters. The Bertz CT molecular complexity index is 2240. The number of allylic oxidation sites excluding steroid dienone is 1. The molecule has 0 fully saturated rings. The van der Waals surface area contributed by atoms with E-state index in [2.05, 4.69) is 9.56 Å². The lowest BCUT2D eigenvalue weighted by Crippen LogP contribution is -2.40. The molecule has 5 aromatic rings. The zero-order chi connectivity index (χ0) is 32.0. The molecule has 0 amide bonds. The number of ether oxygens (including phenoxy) is 1. The molecular formula is C34H29ClN4O5S. The predicted molar refractivity (Wildman–Crippen MR) is 175 cm³/mol. The SMILES string of the molecule is CCOC(=O)C1=C(C)N=c2s/c(=C/c3c(C)n(Cc4ccccc4Cl)c4ccccc34)c(=O)n2[C@H]1c1ccc(C)c([N+](=O)[O-])c1. The van der Waals surface area contributed by atoms with Crippen molar-refractivity contribution in [2.75, 3.05) is 6.61 Å². The maximum atomic E-state index is 14.3. The molecule has 6 rings (SSSR count). The van der Waals surface area contributed by atoms with Crippen LogP contribution in [-0.2, 0) is 16.1 Å². The smallest absolute Gasteiger partial charge is 0.338 e. The lowest BCUT2D eigenvalue weighted by atomic mass is 9.94. The number of esters is 1. The fraction of sp³-hybridized carbons (Fsp3) is 0.206. The average molecular weight is 641 g/mol. The first-order valence-electron chi connectivity index (χ1n) is 14.4. The number of benzene rings is 3. The van der Waals surface area contributed by atoms with Crippen molar-refractivity contribution < 1.29 is 14.5 Å². The highest BCUT2D eigenvalue weighted by Crippen LogP contribution is 2.34. The predicted octanol–water partition coefficient (Wildman–Crippen LogP) is 5.98. The third-order valence-corrected chi connectivity index (χ3v) is 9.46. The molecule has 3 aromatic carbocycles. The van der Waals surface area contributed by atoms with E-state index in [9.17, 15) is 19.7 Å². The van der Waals surface area contributed by atoms with Crippen molar-refractivity contribution >= 4 is 51.6 Å². The lowest BCUT2D eigenvalue weighted by Gasteiger charge is -2.24. The van der Waals surface area contributed by atoms with E-state index in [1.54, 1.807) is 32.9 Å². The van der Waals surface area contributed by atoms with Gasteiger partial charge in [-0.15, -0.1) is 0 Å². The Labute approximate surface area is 267 Å². The first kappa shape index (κ1) is 30.2. The molecule has 9 nitrogen and oxygen atoms in total. The first-order valence-corrected chi connectivity index (χ1v) is 15.6. The fourth-order valence-corrected chi connectivity index (χ4v) is 7.10. The molecule has 0 aliphatic carbocycles. The van der Waals surface area contributed by atoms with E-state index in [-0.39, 0.29) is 23.4 Å². The van der Waals surface area contributed by atoms with E-state index in [0.29, 0.717) is 37.7 Å². The summed E-state index contributed by atoms with van der Waals surface area (Å²) in [4.78, 5) is 43.9. The Hall–Kier alpha value is -4.80. The maximum Gasteiger partial charge on any atom is 0.338 e. The van der Waals surface area contributed by atoms with E-state index in [1.165, 1.54) is 22.0 Å². The van der Waals surface area contributed by atoms with Crippen molar-refractivity contribution in [1.82, 2.24) is 9.13 Å². The molecule has 0 N–H and O–H groups in total. The number of hydrogen-bond acceptors (Lipinski definition) is 7. The molecule has 0 saturated carbocycles. The Balaban J connectivity index is 1.57. The summed E-state index contributed by atoms with van der Waals surface area (Å²) in [6.07, 6.45) is 1.86. The third-order valence-electron chi connectivity index (χ3n) is 8.10. The van der Waals surface area contributed by atoms with Crippen LogP contribution in [0.4, 0.5) is 5.69 Å². The molecule has 0 saturated heterocycles. The molecule has 45 heavy (non-hydrogen) atoms. The van der Waals surface area contributed by atoms with Crippen LogP contribution < -0.4 is 14.9 Å². The van der Waals surface area contributed by atoms with Crippen molar-refractivity contribution in [3.63, 3.8) is 0 Å². The summed E-state index contributed by atoms with van der Waals surface area (Å²) in [6.45, 7) is 7.71. The topological polar surface area (TPSA) is 109 Å². The van der Waals surface area contributed by atoms with Gasteiger partial charge in [0, 0.05) is 45.4 Å². The maximum absolute atomic E-state index is 14.3. The number of nitro benzene ring substituents is 1. The molecule has 228 valence electrons. The summed E-state index contributed by atoms with van der Waals surface area (Å²) >= 11 is 7.72. The number of thiazole rings is 1. The number of fused-ring (bicyclic) bond motifs is 2. The molecule has 3 heterocycles. The van der Waals surface area contributed by atoms with Gasteiger partial charge in [-0.05, 0) is 57.0 Å². The second kappa shape index (κ2) is 11.9. The summed E-state index contributed by atoms with van der Waals surface area (Å²) in [5.74, 6) is -0.625. The summed E-state index contributed by atoms with van der Waals surface area (Å²) in [5, 5.41) is 13.5. The van der Waals surface area contributed by atoms with Gasteiger partial charge in [0.2, 0.25) is 0 Å². The average Bonchev–Trinajstić information content (AvgIpc) is 3.46.